The van der Waals surface area contributed by atoms with E-state index in [2.05, 4.69) is 10.6 Å². The van der Waals surface area contributed by atoms with E-state index in [9.17, 15) is 13.2 Å². The highest BCUT2D eigenvalue weighted by Crippen LogP contribution is 2.16. The van der Waals surface area contributed by atoms with Crippen LogP contribution in [0, 0.1) is 6.92 Å². The highest BCUT2D eigenvalue weighted by atomic mass is 32.2. The molecule has 1 aromatic rings. The number of carbonyl (C=O) groups is 1. The van der Waals surface area contributed by atoms with E-state index in [1.807, 2.05) is 26.1 Å². The summed E-state index contributed by atoms with van der Waals surface area (Å²) < 4.78 is 23.1. The van der Waals surface area contributed by atoms with E-state index >= 15 is 0 Å². The standard InChI is InChI=1S/C14H20N2O3S/c1-10-8-11(15-2)5-6-13(10)14(17)16-12-4-3-7-20(18,19)9-12/h5-6,8,12,15H,3-4,7,9H2,1-2H3,(H,16,17). The molecule has 1 heterocycles. The smallest absolute Gasteiger partial charge is 0.251 e. The van der Waals surface area contributed by atoms with Crippen molar-refractivity contribution in [2.24, 2.45) is 0 Å². The van der Waals surface area contributed by atoms with Crippen LogP contribution in [0.2, 0.25) is 0 Å². The number of sulfone groups is 1. The third-order valence-corrected chi connectivity index (χ3v) is 5.38. The van der Waals surface area contributed by atoms with Crippen LogP contribution in [-0.4, -0.2) is 38.9 Å². The summed E-state index contributed by atoms with van der Waals surface area (Å²) in [5.41, 5.74) is 2.40. The molecular weight excluding hydrogens is 276 g/mol. The summed E-state index contributed by atoms with van der Waals surface area (Å²) in [6, 6.07) is 5.21. The Bertz CT molecular complexity index is 611. The van der Waals surface area contributed by atoms with E-state index in [-0.39, 0.29) is 23.5 Å². The van der Waals surface area contributed by atoms with E-state index in [0.29, 0.717) is 12.0 Å². The van der Waals surface area contributed by atoms with Crippen LogP contribution in [0.1, 0.15) is 28.8 Å². The van der Waals surface area contributed by atoms with Crippen molar-refractivity contribution in [1.82, 2.24) is 5.32 Å². The predicted molar refractivity (Wildman–Crippen MR) is 79.9 cm³/mol. The molecule has 6 heteroatoms. The maximum Gasteiger partial charge on any atom is 0.251 e. The van der Waals surface area contributed by atoms with Crippen molar-refractivity contribution in [2.45, 2.75) is 25.8 Å². The Labute approximate surface area is 119 Å². The van der Waals surface area contributed by atoms with Crippen LogP contribution < -0.4 is 10.6 Å². The maximum atomic E-state index is 12.2. The highest BCUT2D eigenvalue weighted by Gasteiger charge is 2.26. The number of amides is 1. The molecule has 20 heavy (non-hydrogen) atoms. The minimum Gasteiger partial charge on any atom is -0.388 e. The Hall–Kier alpha value is -1.56. The Morgan fingerprint density at radius 3 is 2.70 bits per heavy atom. The molecule has 2 N–H and O–H groups in total. The van der Waals surface area contributed by atoms with Crippen LogP contribution in [0.5, 0.6) is 0 Å². The SMILES string of the molecule is CNc1ccc(C(=O)NC2CCCS(=O)(=O)C2)c(C)c1. The Balaban J connectivity index is 2.08. The summed E-state index contributed by atoms with van der Waals surface area (Å²) >= 11 is 0. The lowest BCUT2D eigenvalue weighted by atomic mass is 10.1. The summed E-state index contributed by atoms with van der Waals surface area (Å²) in [7, 11) is -1.18. The van der Waals surface area contributed by atoms with Gasteiger partial charge in [0.05, 0.1) is 11.5 Å². The van der Waals surface area contributed by atoms with E-state index < -0.39 is 9.84 Å². The number of aryl methyl sites for hydroxylation is 1. The molecule has 0 saturated carbocycles. The lowest BCUT2D eigenvalue weighted by Gasteiger charge is -2.23. The summed E-state index contributed by atoms with van der Waals surface area (Å²) in [4.78, 5) is 12.2. The number of anilines is 1. The summed E-state index contributed by atoms with van der Waals surface area (Å²) in [6.45, 7) is 1.87. The second-order valence-corrected chi connectivity index (χ2v) is 7.44. The van der Waals surface area contributed by atoms with Crippen LogP contribution in [0.3, 0.4) is 0 Å². The quantitative estimate of drug-likeness (QED) is 0.882. The third kappa shape index (κ3) is 3.50. The van der Waals surface area contributed by atoms with Crippen molar-refractivity contribution < 1.29 is 13.2 Å². The molecule has 1 fully saturated rings. The van der Waals surface area contributed by atoms with Crippen molar-refractivity contribution in [3.05, 3.63) is 29.3 Å². The largest absolute Gasteiger partial charge is 0.388 e. The van der Waals surface area contributed by atoms with Crippen molar-refractivity contribution in [3.63, 3.8) is 0 Å². The van der Waals surface area contributed by atoms with Crippen LogP contribution in [0.4, 0.5) is 5.69 Å². The molecule has 1 aromatic carbocycles. The lowest BCUT2D eigenvalue weighted by Crippen LogP contribution is -2.43. The zero-order valence-corrected chi connectivity index (χ0v) is 12.6. The van der Waals surface area contributed by atoms with Gasteiger partial charge < -0.3 is 10.6 Å². The van der Waals surface area contributed by atoms with Gasteiger partial charge in [0.25, 0.3) is 5.91 Å². The summed E-state index contributed by atoms with van der Waals surface area (Å²) in [5.74, 6) is 0.0778. The van der Waals surface area contributed by atoms with Gasteiger partial charge in [-0.25, -0.2) is 8.42 Å². The summed E-state index contributed by atoms with van der Waals surface area (Å²) in [6.07, 6.45) is 1.34. The van der Waals surface area contributed by atoms with E-state index in [1.54, 1.807) is 6.07 Å². The van der Waals surface area contributed by atoms with Gasteiger partial charge in [-0.05, 0) is 43.5 Å². The molecule has 1 aliphatic heterocycles. The average molecular weight is 296 g/mol. The van der Waals surface area contributed by atoms with E-state index in [4.69, 9.17) is 0 Å². The molecule has 2 rings (SSSR count). The number of carbonyl (C=O) groups excluding carboxylic acids is 1. The molecule has 0 radical (unpaired) electrons. The monoisotopic (exact) mass is 296 g/mol. The van der Waals surface area contributed by atoms with E-state index in [0.717, 1.165) is 17.7 Å². The molecule has 1 unspecified atom stereocenters. The molecule has 1 amide bonds. The Morgan fingerprint density at radius 2 is 2.10 bits per heavy atom. The van der Waals surface area contributed by atoms with Crippen molar-refractivity contribution in [1.29, 1.82) is 0 Å². The molecule has 5 nitrogen and oxygen atoms in total. The number of nitrogens with one attached hydrogen (secondary N) is 2. The molecule has 1 aliphatic rings. The van der Waals surface area contributed by atoms with Gasteiger partial charge in [0.15, 0.2) is 9.84 Å². The lowest BCUT2D eigenvalue weighted by molar-refractivity contribution is 0.0937. The van der Waals surface area contributed by atoms with Crippen LogP contribution in [0.25, 0.3) is 0 Å². The van der Waals surface area contributed by atoms with Crippen LogP contribution in [0.15, 0.2) is 18.2 Å². The molecular formula is C14H20N2O3S. The van der Waals surface area contributed by atoms with Gasteiger partial charge in [0.2, 0.25) is 0 Å². The minimum atomic E-state index is -3.01. The average Bonchev–Trinajstić information content (AvgIpc) is 2.37. The fourth-order valence-electron chi connectivity index (χ4n) is 2.47. The maximum absolute atomic E-state index is 12.2. The Kier molecular flexibility index (Phi) is 4.32. The van der Waals surface area contributed by atoms with Gasteiger partial charge in [-0.15, -0.1) is 0 Å². The van der Waals surface area contributed by atoms with Crippen molar-refractivity contribution >= 4 is 21.4 Å². The number of hydrogen-bond acceptors (Lipinski definition) is 4. The van der Waals surface area contributed by atoms with Crippen LogP contribution in [-0.2, 0) is 9.84 Å². The second-order valence-electron chi connectivity index (χ2n) is 5.21. The molecule has 110 valence electrons. The van der Waals surface area contributed by atoms with Crippen LogP contribution >= 0.6 is 0 Å². The Morgan fingerprint density at radius 1 is 1.35 bits per heavy atom. The molecule has 0 aliphatic carbocycles. The molecule has 1 saturated heterocycles. The highest BCUT2D eigenvalue weighted by molar-refractivity contribution is 7.91. The second kappa shape index (κ2) is 5.83. The first-order valence-electron chi connectivity index (χ1n) is 6.71. The first-order chi connectivity index (χ1) is 9.41. The minimum absolute atomic E-state index is 0.0480. The third-order valence-electron chi connectivity index (χ3n) is 3.56. The van der Waals surface area contributed by atoms with E-state index in [1.165, 1.54) is 0 Å². The normalized spacial score (nSPS) is 21.2. The predicted octanol–water partition coefficient (Wildman–Crippen LogP) is 1.34. The van der Waals surface area contributed by atoms with Crippen molar-refractivity contribution in [3.8, 4) is 0 Å². The molecule has 0 bridgehead atoms. The molecule has 0 spiro atoms. The first-order valence-corrected chi connectivity index (χ1v) is 8.53. The topological polar surface area (TPSA) is 75.3 Å². The van der Waals surface area contributed by atoms with Gasteiger partial charge in [0, 0.05) is 24.3 Å². The van der Waals surface area contributed by atoms with Gasteiger partial charge in [-0.1, -0.05) is 0 Å². The van der Waals surface area contributed by atoms with Gasteiger partial charge in [-0.3, -0.25) is 4.79 Å². The zero-order chi connectivity index (χ0) is 14.8. The van der Waals surface area contributed by atoms with Gasteiger partial charge in [0.1, 0.15) is 0 Å². The zero-order valence-electron chi connectivity index (χ0n) is 11.8. The number of hydrogen-bond donors (Lipinski definition) is 2. The molecule has 1 atom stereocenters. The van der Waals surface area contributed by atoms with Gasteiger partial charge in [-0.2, -0.15) is 0 Å². The first kappa shape index (κ1) is 14.8. The molecule has 0 aromatic heterocycles. The number of rotatable bonds is 3. The van der Waals surface area contributed by atoms with Crippen molar-refractivity contribution in [2.75, 3.05) is 23.9 Å². The van der Waals surface area contributed by atoms with Gasteiger partial charge >= 0.3 is 0 Å². The number of benzene rings is 1. The summed E-state index contributed by atoms with van der Waals surface area (Å²) in [5, 5.41) is 5.85. The fraction of sp³-hybridized carbons (Fsp3) is 0.500. The fourth-order valence-corrected chi connectivity index (χ4v) is 4.11.